The van der Waals surface area contributed by atoms with E-state index in [2.05, 4.69) is 11.7 Å². The zero-order valence-corrected chi connectivity index (χ0v) is 11.6. The largest absolute Gasteiger partial charge is 0.481 e. The Morgan fingerprint density at radius 1 is 1.11 bits per heavy atom. The Kier molecular flexibility index (Phi) is 14.9. The van der Waals surface area contributed by atoms with Crippen molar-refractivity contribution in [1.82, 2.24) is 0 Å². The fraction of sp³-hybridized carbons (Fsp3) is 0.846. The van der Waals surface area contributed by atoms with Crippen LogP contribution in [0.25, 0.3) is 0 Å². The van der Waals surface area contributed by atoms with Gasteiger partial charge in [0, 0.05) is 6.42 Å². The van der Waals surface area contributed by atoms with Crippen LogP contribution in [0.15, 0.2) is 0 Å². The predicted octanol–water partition coefficient (Wildman–Crippen LogP) is 2.36. The number of ether oxygens (including phenoxy) is 1. The van der Waals surface area contributed by atoms with Crippen LogP contribution in [0.2, 0.25) is 0 Å². The Labute approximate surface area is 109 Å². The molecular weight excluding hydrogens is 236 g/mol. The summed E-state index contributed by atoms with van der Waals surface area (Å²) in [6.45, 7) is 5.88. The van der Waals surface area contributed by atoms with E-state index < -0.39 is 18.0 Å². The van der Waals surface area contributed by atoms with Crippen molar-refractivity contribution in [1.29, 1.82) is 0 Å². The molecular formula is C13H26O5. The molecule has 18 heavy (non-hydrogen) atoms. The average Bonchev–Trinajstić information content (AvgIpc) is 2.30. The van der Waals surface area contributed by atoms with Gasteiger partial charge in [-0.15, -0.1) is 0 Å². The van der Waals surface area contributed by atoms with Gasteiger partial charge in [-0.3, -0.25) is 4.79 Å². The third-order valence-electron chi connectivity index (χ3n) is 2.08. The summed E-state index contributed by atoms with van der Waals surface area (Å²) in [5, 5.41) is 16.8. The Hall–Kier alpha value is -1.10. The van der Waals surface area contributed by atoms with E-state index in [9.17, 15) is 9.59 Å². The minimum atomic E-state index is -0.989. The van der Waals surface area contributed by atoms with E-state index in [0.717, 1.165) is 32.1 Å². The summed E-state index contributed by atoms with van der Waals surface area (Å²) >= 11 is 0. The van der Waals surface area contributed by atoms with Gasteiger partial charge in [-0.1, -0.05) is 33.1 Å². The number of carbonyl (C=O) groups is 2. The molecule has 0 amide bonds. The molecule has 5 heteroatoms. The summed E-state index contributed by atoms with van der Waals surface area (Å²) in [5.74, 6) is -1.22. The highest BCUT2D eigenvalue weighted by Gasteiger charge is 2.08. The lowest BCUT2D eigenvalue weighted by Crippen LogP contribution is -2.19. The first kappa shape index (κ1) is 19.2. The van der Waals surface area contributed by atoms with Crippen molar-refractivity contribution in [3.05, 3.63) is 0 Å². The number of esters is 1. The third-order valence-corrected chi connectivity index (χ3v) is 2.08. The van der Waals surface area contributed by atoms with E-state index in [-0.39, 0.29) is 0 Å². The normalized spacial score (nSPS) is 11.1. The summed E-state index contributed by atoms with van der Waals surface area (Å²) in [6.07, 6.45) is 4.14. The number of carboxylic acids is 1. The van der Waals surface area contributed by atoms with Crippen LogP contribution >= 0.6 is 0 Å². The lowest BCUT2D eigenvalue weighted by atomic mass is 10.2. The highest BCUT2D eigenvalue weighted by molar-refractivity contribution is 5.73. The maximum atomic E-state index is 10.5. The number of carbonyl (C=O) groups excluding carboxylic acids is 1. The average molecular weight is 262 g/mol. The molecule has 1 atom stereocenters. The monoisotopic (exact) mass is 262 g/mol. The number of hydrogen-bond acceptors (Lipinski definition) is 4. The molecule has 0 fully saturated rings. The highest BCUT2D eigenvalue weighted by atomic mass is 16.5. The van der Waals surface area contributed by atoms with Gasteiger partial charge in [0.05, 0.1) is 6.61 Å². The van der Waals surface area contributed by atoms with Crippen molar-refractivity contribution in [2.24, 2.45) is 0 Å². The zero-order valence-electron chi connectivity index (χ0n) is 11.6. The van der Waals surface area contributed by atoms with E-state index in [1.54, 1.807) is 0 Å². The fourth-order valence-electron chi connectivity index (χ4n) is 0.964. The molecule has 0 saturated heterocycles. The molecule has 1 unspecified atom stereocenters. The molecule has 108 valence electrons. The Morgan fingerprint density at radius 2 is 1.67 bits per heavy atom. The van der Waals surface area contributed by atoms with Crippen LogP contribution in [0.3, 0.4) is 0 Å². The van der Waals surface area contributed by atoms with Crippen molar-refractivity contribution in [2.75, 3.05) is 6.61 Å². The molecule has 0 bridgehead atoms. The van der Waals surface area contributed by atoms with E-state index in [1.807, 2.05) is 6.92 Å². The number of aliphatic hydroxyl groups is 1. The van der Waals surface area contributed by atoms with E-state index in [0.29, 0.717) is 13.0 Å². The summed E-state index contributed by atoms with van der Waals surface area (Å²) < 4.78 is 4.65. The minimum Gasteiger partial charge on any atom is -0.481 e. The summed E-state index contributed by atoms with van der Waals surface area (Å²) in [4.78, 5) is 20.4. The second-order valence-electron chi connectivity index (χ2n) is 4.05. The van der Waals surface area contributed by atoms with Crippen molar-refractivity contribution in [2.45, 2.75) is 65.4 Å². The molecule has 0 aromatic heterocycles. The highest BCUT2D eigenvalue weighted by Crippen LogP contribution is 1.97. The molecule has 0 aromatic rings. The molecule has 5 nitrogen and oxygen atoms in total. The van der Waals surface area contributed by atoms with Crippen LogP contribution in [0.5, 0.6) is 0 Å². The van der Waals surface area contributed by atoms with E-state index in [4.69, 9.17) is 10.2 Å². The van der Waals surface area contributed by atoms with E-state index in [1.165, 1.54) is 6.92 Å². The maximum absolute atomic E-state index is 10.5. The Balaban J connectivity index is 0. The van der Waals surface area contributed by atoms with Gasteiger partial charge in [0.25, 0.3) is 0 Å². The Morgan fingerprint density at radius 3 is 2.06 bits per heavy atom. The van der Waals surface area contributed by atoms with Crippen LogP contribution in [0.1, 0.15) is 59.3 Å². The quantitative estimate of drug-likeness (QED) is 0.518. The van der Waals surface area contributed by atoms with Crippen LogP contribution in [0.4, 0.5) is 0 Å². The molecule has 0 aliphatic heterocycles. The maximum Gasteiger partial charge on any atom is 0.334 e. The molecule has 0 radical (unpaired) electrons. The van der Waals surface area contributed by atoms with Crippen molar-refractivity contribution in [3.63, 3.8) is 0 Å². The topological polar surface area (TPSA) is 83.8 Å². The lowest BCUT2D eigenvalue weighted by molar-refractivity contribution is -0.152. The number of aliphatic hydroxyl groups excluding tert-OH is 1. The SMILES string of the molecule is CCCCCC(=O)O.CCCCOC(=O)C(C)O. The van der Waals surface area contributed by atoms with Crippen LogP contribution < -0.4 is 0 Å². The first-order chi connectivity index (χ1) is 8.45. The van der Waals surface area contributed by atoms with Gasteiger partial charge in [0.2, 0.25) is 0 Å². The first-order valence-electron chi connectivity index (χ1n) is 6.52. The summed E-state index contributed by atoms with van der Waals surface area (Å²) in [6, 6.07) is 0. The standard InChI is InChI=1S/C7H14O3.C6H12O2/c1-3-4-5-10-7(9)6(2)8;1-2-3-4-5-6(7)8/h6,8H,3-5H2,1-2H3;2-5H2,1H3,(H,7,8). The number of rotatable bonds is 8. The van der Waals surface area contributed by atoms with Gasteiger partial charge < -0.3 is 14.9 Å². The summed E-state index contributed by atoms with van der Waals surface area (Å²) in [7, 11) is 0. The lowest BCUT2D eigenvalue weighted by Gasteiger charge is -2.04. The van der Waals surface area contributed by atoms with Crippen molar-refractivity contribution < 1.29 is 24.5 Å². The number of unbranched alkanes of at least 4 members (excludes halogenated alkanes) is 3. The van der Waals surface area contributed by atoms with Gasteiger partial charge in [-0.05, 0) is 19.8 Å². The van der Waals surface area contributed by atoms with Crippen LogP contribution in [-0.2, 0) is 14.3 Å². The molecule has 0 heterocycles. The van der Waals surface area contributed by atoms with Gasteiger partial charge in [0.1, 0.15) is 6.10 Å². The van der Waals surface area contributed by atoms with Crippen molar-refractivity contribution >= 4 is 11.9 Å². The van der Waals surface area contributed by atoms with E-state index >= 15 is 0 Å². The molecule has 0 aliphatic rings. The number of hydrogen-bond donors (Lipinski definition) is 2. The zero-order chi connectivity index (χ0) is 14.4. The number of aliphatic carboxylic acids is 1. The second kappa shape index (κ2) is 14.0. The first-order valence-corrected chi connectivity index (χ1v) is 6.52. The van der Waals surface area contributed by atoms with Gasteiger partial charge in [-0.25, -0.2) is 4.79 Å². The van der Waals surface area contributed by atoms with Crippen LogP contribution in [0, 0.1) is 0 Å². The molecule has 2 N–H and O–H groups in total. The number of carboxylic acid groups (broad SMARTS) is 1. The minimum absolute atomic E-state index is 0.327. The second-order valence-corrected chi connectivity index (χ2v) is 4.05. The molecule has 0 aliphatic carbocycles. The molecule has 0 spiro atoms. The van der Waals surface area contributed by atoms with Gasteiger partial charge in [0.15, 0.2) is 0 Å². The Bertz CT molecular complexity index is 213. The molecule has 0 rings (SSSR count). The fourth-order valence-corrected chi connectivity index (χ4v) is 0.964. The van der Waals surface area contributed by atoms with Crippen LogP contribution in [-0.4, -0.2) is 34.9 Å². The molecule has 0 aromatic carbocycles. The van der Waals surface area contributed by atoms with Crippen molar-refractivity contribution in [3.8, 4) is 0 Å². The molecule has 0 saturated carbocycles. The summed E-state index contributed by atoms with van der Waals surface area (Å²) in [5.41, 5.74) is 0. The third kappa shape index (κ3) is 17.3. The van der Waals surface area contributed by atoms with Gasteiger partial charge >= 0.3 is 11.9 Å². The predicted molar refractivity (Wildman–Crippen MR) is 69.3 cm³/mol. The smallest absolute Gasteiger partial charge is 0.334 e. The van der Waals surface area contributed by atoms with Gasteiger partial charge in [-0.2, -0.15) is 0 Å².